The van der Waals surface area contributed by atoms with Gasteiger partial charge in [-0.05, 0) is 75.5 Å². The van der Waals surface area contributed by atoms with E-state index in [0.29, 0.717) is 5.82 Å². The lowest BCUT2D eigenvalue weighted by Crippen LogP contribution is -1.97. The van der Waals surface area contributed by atoms with Crippen LogP contribution < -0.4 is 0 Å². The van der Waals surface area contributed by atoms with Crippen molar-refractivity contribution in [3.8, 4) is 67.5 Å². The van der Waals surface area contributed by atoms with Gasteiger partial charge in [0.2, 0.25) is 0 Å². The van der Waals surface area contributed by atoms with Gasteiger partial charge in [0.1, 0.15) is 5.69 Å². The Bertz CT molecular complexity index is 3320. The van der Waals surface area contributed by atoms with Crippen LogP contribution in [-0.4, -0.2) is 24.9 Å². The zero-order valence-electron chi connectivity index (χ0n) is 31.3. The Balaban J connectivity index is 0.961. The van der Waals surface area contributed by atoms with Gasteiger partial charge < -0.3 is 0 Å². The summed E-state index contributed by atoms with van der Waals surface area (Å²) in [6, 6.07) is 67.6. The molecule has 0 radical (unpaired) electrons. The molecule has 270 valence electrons. The minimum atomic E-state index is 0.605. The van der Waals surface area contributed by atoms with Crippen molar-refractivity contribution < 1.29 is 0 Å². The Morgan fingerprint density at radius 1 is 0.310 bits per heavy atom. The Hall–Kier alpha value is -7.89. The Morgan fingerprint density at radius 3 is 1.72 bits per heavy atom. The largest absolute Gasteiger partial charge is 0.253 e. The molecule has 0 aliphatic heterocycles. The second-order valence-electron chi connectivity index (χ2n) is 14.5. The fraction of sp³-hybridized carbons (Fsp3) is 0. The number of hydrogen-bond acceptors (Lipinski definition) is 5. The van der Waals surface area contributed by atoms with Crippen LogP contribution in [-0.2, 0) is 0 Å². The predicted octanol–water partition coefficient (Wildman–Crippen LogP) is 13.3. The van der Waals surface area contributed by atoms with Gasteiger partial charge in [0.15, 0.2) is 5.82 Å². The summed E-state index contributed by atoms with van der Waals surface area (Å²) >= 11 is 0. The molecule has 11 aromatic rings. The molecule has 5 nitrogen and oxygen atoms in total. The molecule has 0 unspecified atom stereocenters. The molecule has 0 saturated heterocycles. The molecule has 0 amide bonds. The van der Waals surface area contributed by atoms with E-state index in [1.807, 2.05) is 36.4 Å². The van der Waals surface area contributed by atoms with Crippen molar-refractivity contribution in [1.29, 1.82) is 0 Å². The normalized spacial score (nSPS) is 11.4. The SMILES string of the molecule is c1ccc(-c2nc(-c3ccccn3)nc3ccc(-c4cccc(-c5ccc6ccc7ccc(-c8ccc(-c9cccc%10ccccc9%10)cc8)nc7c6n5)c4)cc23)cc1. The van der Waals surface area contributed by atoms with E-state index in [9.17, 15) is 0 Å². The van der Waals surface area contributed by atoms with Crippen LogP contribution in [0.5, 0.6) is 0 Å². The lowest BCUT2D eigenvalue weighted by molar-refractivity contribution is 1.18. The topological polar surface area (TPSA) is 64.5 Å². The number of benzene rings is 7. The highest BCUT2D eigenvalue weighted by molar-refractivity contribution is 6.04. The van der Waals surface area contributed by atoms with Gasteiger partial charge in [-0.2, -0.15) is 0 Å². The van der Waals surface area contributed by atoms with E-state index in [1.165, 1.54) is 21.9 Å². The van der Waals surface area contributed by atoms with E-state index in [0.717, 1.165) is 83.3 Å². The molecule has 11 rings (SSSR count). The number of fused-ring (bicyclic) bond motifs is 5. The van der Waals surface area contributed by atoms with Crippen LogP contribution in [0.3, 0.4) is 0 Å². The monoisotopic (exact) mass is 739 g/mol. The number of rotatable bonds is 6. The van der Waals surface area contributed by atoms with Gasteiger partial charge in [-0.25, -0.2) is 19.9 Å². The van der Waals surface area contributed by atoms with Crippen LogP contribution in [0.1, 0.15) is 0 Å². The van der Waals surface area contributed by atoms with Gasteiger partial charge in [-0.1, -0.05) is 152 Å². The van der Waals surface area contributed by atoms with Crippen LogP contribution in [0.2, 0.25) is 0 Å². The average molecular weight is 740 g/mol. The maximum absolute atomic E-state index is 5.28. The predicted molar refractivity (Wildman–Crippen MR) is 238 cm³/mol. The summed E-state index contributed by atoms with van der Waals surface area (Å²) in [4.78, 5) is 25.1. The molecule has 0 N–H and O–H groups in total. The molecule has 4 heterocycles. The smallest absolute Gasteiger partial charge is 0.179 e. The van der Waals surface area contributed by atoms with Crippen molar-refractivity contribution in [2.75, 3.05) is 0 Å². The third kappa shape index (κ3) is 6.03. The van der Waals surface area contributed by atoms with Crippen molar-refractivity contribution in [2.24, 2.45) is 0 Å². The highest BCUT2D eigenvalue weighted by atomic mass is 14.9. The molecule has 0 fully saturated rings. The molecular formula is C53H33N5. The van der Waals surface area contributed by atoms with E-state index >= 15 is 0 Å². The third-order valence-electron chi connectivity index (χ3n) is 10.9. The van der Waals surface area contributed by atoms with Gasteiger partial charge in [0.05, 0.1) is 33.6 Å². The Kier molecular flexibility index (Phi) is 8.07. The zero-order valence-corrected chi connectivity index (χ0v) is 31.3. The van der Waals surface area contributed by atoms with Crippen molar-refractivity contribution in [3.63, 3.8) is 0 Å². The summed E-state index contributed by atoms with van der Waals surface area (Å²) in [5.74, 6) is 0.605. The molecule has 0 spiro atoms. The molecular weight excluding hydrogens is 707 g/mol. The van der Waals surface area contributed by atoms with E-state index in [1.54, 1.807) is 6.20 Å². The second-order valence-corrected chi connectivity index (χ2v) is 14.5. The summed E-state index contributed by atoms with van der Waals surface area (Å²) in [6.45, 7) is 0. The summed E-state index contributed by atoms with van der Waals surface area (Å²) < 4.78 is 0. The Labute approximate surface area is 335 Å². The second kappa shape index (κ2) is 14.0. The zero-order chi connectivity index (χ0) is 38.4. The van der Waals surface area contributed by atoms with Crippen LogP contribution >= 0.6 is 0 Å². The summed E-state index contributed by atoms with van der Waals surface area (Å²) in [7, 11) is 0. The van der Waals surface area contributed by atoms with Crippen molar-refractivity contribution in [1.82, 2.24) is 24.9 Å². The number of hydrogen-bond donors (Lipinski definition) is 0. The average Bonchev–Trinajstić information content (AvgIpc) is 3.31. The minimum absolute atomic E-state index is 0.605. The van der Waals surface area contributed by atoms with Gasteiger partial charge in [-0.15, -0.1) is 0 Å². The molecule has 7 aromatic carbocycles. The van der Waals surface area contributed by atoms with Crippen molar-refractivity contribution >= 4 is 43.5 Å². The maximum Gasteiger partial charge on any atom is 0.179 e. The summed E-state index contributed by atoms with van der Waals surface area (Å²) in [5, 5.41) is 5.58. The molecule has 4 aromatic heterocycles. The quantitative estimate of drug-likeness (QED) is 0.159. The fourth-order valence-corrected chi connectivity index (χ4v) is 7.98. The number of aromatic nitrogens is 5. The molecule has 0 aliphatic carbocycles. The molecule has 58 heavy (non-hydrogen) atoms. The van der Waals surface area contributed by atoms with Gasteiger partial charge in [-0.3, -0.25) is 4.98 Å². The van der Waals surface area contributed by atoms with E-state index in [2.05, 4.69) is 163 Å². The molecule has 0 atom stereocenters. The van der Waals surface area contributed by atoms with E-state index in [4.69, 9.17) is 19.9 Å². The number of nitrogens with zero attached hydrogens (tertiary/aromatic N) is 5. The Morgan fingerprint density at radius 2 is 0.931 bits per heavy atom. The lowest BCUT2D eigenvalue weighted by Gasteiger charge is -2.12. The van der Waals surface area contributed by atoms with Crippen molar-refractivity contribution in [2.45, 2.75) is 0 Å². The summed E-state index contributed by atoms with van der Waals surface area (Å²) in [6.07, 6.45) is 1.77. The lowest BCUT2D eigenvalue weighted by atomic mass is 9.97. The first-order valence-electron chi connectivity index (χ1n) is 19.4. The van der Waals surface area contributed by atoms with E-state index < -0.39 is 0 Å². The fourth-order valence-electron chi connectivity index (χ4n) is 7.98. The molecule has 0 saturated carbocycles. The van der Waals surface area contributed by atoms with Crippen molar-refractivity contribution in [3.05, 3.63) is 200 Å². The minimum Gasteiger partial charge on any atom is -0.253 e. The van der Waals surface area contributed by atoms with Gasteiger partial charge in [0, 0.05) is 39.0 Å². The van der Waals surface area contributed by atoms with Crippen LogP contribution in [0.4, 0.5) is 0 Å². The highest BCUT2D eigenvalue weighted by Crippen LogP contribution is 2.35. The van der Waals surface area contributed by atoms with Crippen LogP contribution in [0.15, 0.2) is 200 Å². The first-order valence-corrected chi connectivity index (χ1v) is 19.4. The maximum atomic E-state index is 5.28. The first-order chi connectivity index (χ1) is 28.7. The van der Waals surface area contributed by atoms with E-state index in [-0.39, 0.29) is 0 Å². The first kappa shape index (κ1) is 33.4. The molecule has 0 bridgehead atoms. The van der Waals surface area contributed by atoms with Crippen LogP contribution in [0.25, 0.3) is 111 Å². The summed E-state index contributed by atoms with van der Waals surface area (Å²) in [5.41, 5.74) is 13.8. The third-order valence-corrected chi connectivity index (χ3v) is 10.9. The van der Waals surface area contributed by atoms with Gasteiger partial charge >= 0.3 is 0 Å². The standard InChI is InChI=1S/C53H33N5/c1-2-11-37(12-3-1)50-45-33-41(27-30-48(45)57-53(58-50)49-18-6-7-31-54-49)40-14-8-15-42(32-40)47-29-26-39-24-23-38-25-28-46(55-51(38)52(39)56-47)36-21-19-35(20-22-36)44-17-9-13-34-10-4-5-16-43(34)44/h1-33H. The van der Waals surface area contributed by atoms with Gasteiger partial charge in [0.25, 0.3) is 0 Å². The highest BCUT2D eigenvalue weighted by Gasteiger charge is 2.15. The van der Waals surface area contributed by atoms with Crippen LogP contribution in [0, 0.1) is 0 Å². The number of pyridine rings is 3. The molecule has 5 heteroatoms. The molecule has 0 aliphatic rings.